The molecule has 12 heteroatoms. The number of carbonyl (C=O) groups is 2. The number of nitrogens with zero attached hydrogens (tertiary/aromatic N) is 2. The van der Waals surface area contributed by atoms with Crippen LogP contribution < -0.4 is 21.1 Å². The second-order valence-corrected chi connectivity index (χ2v) is 7.74. The highest BCUT2D eigenvalue weighted by Gasteiger charge is 2.26. The summed E-state index contributed by atoms with van der Waals surface area (Å²) in [6, 6.07) is 0.844. The maximum atomic E-state index is 14.0. The molecule has 1 atom stereocenters. The molecule has 4 N–H and O–H groups in total. The zero-order valence-electron chi connectivity index (χ0n) is 17.3. The van der Waals surface area contributed by atoms with Gasteiger partial charge in [-0.2, -0.15) is 4.37 Å². The fraction of sp³-hybridized carbons (Fsp3) is 0.421. The van der Waals surface area contributed by atoms with Crippen LogP contribution >= 0.6 is 11.5 Å². The Bertz CT molecular complexity index is 939. The molecule has 1 aromatic carbocycles. The quantitative estimate of drug-likeness (QED) is 0.373. The number of hydrogen-bond acceptors (Lipinski definition) is 6. The molecule has 170 valence electrons. The van der Waals surface area contributed by atoms with E-state index in [-0.39, 0.29) is 16.4 Å². The lowest BCUT2D eigenvalue weighted by atomic mass is 10.1. The van der Waals surface area contributed by atoms with Crippen LogP contribution in [0.15, 0.2) is 12.1 Å². The van der Waals surface area contributed by atoms with E-state index in [2.05, 4.69) is 15.0 Å². The second kappa shape index (κ2) is 11.0. The molecule has 2 aromatic rings. The summed E-state index contributed by atoms with van der Waals surface area (Å²) in [6.07, 6.45) is 0.325. The van der Waals surface area contributed by atoms with Crippen LogP contribution in [-0.4, -0.2) is 48.4 Å². The van der Waals surface area contributed by atoms with Crippen molar-refractivity contribution in [3.63, 3.8) is 0 Å². The average Bonchev–Trinajstić information content (AvgIpc) is 3.06. The number of carbonyl (C=O) groups excluding carboxylic acids is 2. The van der Waals surface area contributed by atoms with Gasteiger partial charge in [-0.3, -0.25) is 10.1 Å². The number of unbranched alkanes of at least 4 members (excludes halogenated alkanes) is 1. The smallest absolute Gasteiger partial charge is 0.319 e. The number of anilines is 1. The molecule has 3 amide bonds. The minimum absolute atomic E-state index is 0.0145. The Kier molecular flexibility index (Phi) is 8.63. The van der Waals surface area contributed by atoms with E-state index in [4.69, 9.17) is 10.5 Å². The normalized spacial score (nSPS) is 12.0. The molecule has 1 aromatic heterocycles. The van der Waals surface area contributed by atoms with E-state index in [1.54, 1.807) is 0 Å². The van der Waals surface area contributed by atoms with Crippen LogP contribution in [0.5, 0.6) is 5.88 Å². The van der Waals surface area contributed by atoms with Gasteiger partial charge in [0.2, 0.25) is 5.88 Å². The highest BCUT2D eigenvalue weighted by Crippen LogP contribution is 2.34. The molecule has 0 saturated heterocycles. The number of nitrogens with two attached hydrogens (primary N) is 1. The Hall–Kier alpha value is -2.86. The largest absolute Gasteiger partial charge is 0.468 e. The second-order valence-electron chi connectivity index (χ2n) is 6.96. The summed E-state index contributed by atoms with van der Waals surface area (Å²) < 4.78 is 50.7. The van der Waals surface area contributed by atoms with Gasteiger partial charge in [0, 0.05) is 6.54 Å². The maximum Gasteiger partial charge on any atom is 0.319 e. The van der Waals surface area contributed by atoms with E-state index in [0.717, 1.165) is 25.5 Å². The van der Waals surface area contributed by atoms with Gasteiger partial charge in [0.25, 0.3) is 5.91 Å². The summed E-state index contributed by atoms with van der Waals surface area (Å²) in [5.74, 6) is -4.96. The average molecular weight is 459 g/mol. The number of urea groups is 1. The molecular weight excluding hydrogens is 435 g/mol. The first kappa shape index (κ1) is 24.4. The molecule has 0 bridgehead atoms. The number of aromatic nitrogens is 1. The zero-order valence-corrected chi connectivity index (χ0v) is 18.1. The van der Waals surface area contributed by atoms with Gasteiger partial charge in [-0.15, -0.1) is 0 Å². The summed E-state index contributed by atoms with van der Waals surface area (Å²) in [7, 11) is 3.90. The summed E-state index contributed by atoms with van der Waals surface area (Å²) in [6.45, 7) is 2.57. The van der Waals surface area contributed by atoms with Crippen LogP contribution in [0.1, 0.15) is 41.8 Å². The molecule has 0 aliphatic rings. The summed E-state index contributed by atoms with van der Waals surface area (Å²) in [4.78, 5) is 26.0. The fourth-order valence-electron chi connectivity index (χ4n) is 2.70. The van der Waals surface area contributed by atoms with Gasteiger partial charge in [0.05, 0.1) is 5.56 Å². The van der Waals surface area contributed by atoms with E-state index in [9.17, 15) is 22.8 Å². The fourth-order valence-corrected chi connectivity index (χ4v) is 3.43. The van der Waals surface area contributed by atoms with Gasteiger partial charge in [-0.1, -0.05) is 0 Å². The van der Waals surface area contributed by atoms with Crippen LogP contribution in [0.3, 0.4) is 0 Å². The Morgan fingerprint density at radius 3 is 2.55 bits per heavy atom. The summed E-state index contributed by atoms with van der Waals surface area (Å²) in [5.41, 5.74) is 4.45. The van der Waals surface area contributed by atoms with Crippen molar-refractivity contribution in [2.24, 2.45) is 5.73 Å². The minimum atomic E-state index is -1.41. The van der Waals surface area contributed by atoms with Gasteiger partial charge in [-0.25, -0.2) is 18.0 Å². The van der Waals surface area contributed by atoms with Crippen LogP contribution in [0.4, 0.5) is 23.0 Å². The van der Waals surface area contributed by atoms with Gasteiger partial charge >= 0.3 is 6.03 Å². The van der Waals surface area contributed by atoms with Gasteiger partial charge in [-0.05, 0) is 64.1 Å². The lowest BCUT2D eigenvalue weighted by molar-refractivity contribution is 0.0994. The summed E-state index contributed by atoms with van der Waals surface area (Å²) in [5, 5.41) is 5.12. The molecule has 31 heavy (non-hydrogen) atoms. The number of amides is 3. The Morgan fingerprint density at radius 1 is 1.23 bits per heavy atom. The number of ether oxygens (including phenoxy) is 1. The lowest BCUT2D eigenvalue weighted by Gasteiger charge is -2.16. The first-order valence-corrected chi connectivity index (χ1v) is 10.2. The molecular formula is C19H24F3N5O3S. The predicted molar refractivity (Wildman–Crippen MR) is 111 cm³/mol. The molecule has 0 aliphatic heterocycles. The van der Waals surface area contributed by atoms with E-state index in [0.29, 0.717) is 24.1 Å². The van der Waals surface area contributed by atoms with Crippen molar-refractivity contribution in [1.82, 2.24) is 14.6 Å². The maximum absolute atomic E-state index is 14.0. The van der Waals surface area contributed by atoms with E-state index in [1.807, 2.05) is 19.0 Å². The molecule has 0 aliphatic carbocycles. The van der Waals surface area contributed by atoms with Crippen LogP contribution in [0.25, 0.3) is 0 Å². The third-order valence-corrected chi connectivity index (χ3v) is 4.97. The topological polar surface area (TPSA) is 110 Å². The molecule has 1 unspecified atom stereocenters. The van der Waals surface area contributed by atoms with Crippen molar-refractivity contribution in [2.45, 2.75) is 25.9 Å². The SMILES string of the molecule is CC(Oc1nsc(NC(=O)NCCCCN(C)C)c1C(N)=O)c1c(F)ccc(F)c1F. The number of rotatable bonds is 10. The molecule has 2 rings (SSSR count). The number of halogens is 3. The third kappa shape index (κ3) is 6.56. The first-order valence-electron chi connectivity index (χ1n) is 9.40. The van der Waals surface area contributed by atoms with Crippen LogP contribution in [0.2, 0.25) is 0 Å². The molecule has 0 fully saturated rings. The van der Waals surface area contributed by atoms with Crippen molar-refractivity contribution >= 4 is 28.5 Å². The number of hydrogen-bond donors (Lipinski definition) is 3. The first-order chi connectivity index (χ1) is 14.6. The van der Waals surface area contributed by atoms with Crippen LogP contribution in [-0.2, 0) is 0 Å². The van der Waals surface area contributed by atoms with Crippen molar-refractivity contribution in [3.8, 4) is 5.88 Å². The standard InChI is InChI=1S/C19H24F3N5O3S/c1-10(13-11(20)6-7-12(21)15(13)22)30-17-14(16(23)28)18(31-26-17)25-19(29)24-8-4-5-9-27(2)3/h6-7,10H,4-5,8-9H2,1-3H3,(H2,23,28)(H2,24,25,29). The van der Waals surface area contributed by atoms with E-state index < -0.39 is 41.1 Å². The van der Waals surface area contributed by atoms with Gasteiger partial charge < -0.3 is 20.7 Å². The highest BCUT2D eigenvalue weighted by molar-refractivity contribution is 7.11. The Morgan fingerprint density at radius 2 is 1.90 bits per heavy atom. The number of nitrogens with one attached hydrogen (secondary N) is 2. The van der Waals surface area contributed by atoms with Crippen LogP contribution in [0, 0.1) is 17.5 Å². The van der Waals surface area contributed by atoms with Crippen molar-refractivity contribution < 1.29 is 27.5 Å². The Balaban J connectivity index is 2.08. The number of benzene rings is 1. The molecule has 0 saturated carbocycles. The molecule has 0 radical (unpaired) electrons. The van der Waals surface area contributed by atoms with Gasteiger partial charge in [0.1, 0.15) is 22.5 Å². The minimum Gasteiger partial charge on any atom is -0.468 e. The van der Waals surface area contributed by atoms with Crippen molar-refractivity contribution in [1.29, 1.82) is 0 Å². The van der Waals surface area contributed by atoms with Gasteiger partial charge in [0.15, 0.2) is 11.6 Å². The predicted octanol–water partition coefficient (Wildman–Crippen LogP) is 3.26. The summed E-state index contributed by atoms with van der Waals surface area (Å²) >= 11 is 0.713. The highest BCUT2D eigenvalue weighted by atomic mass is 32.1. The van der Waals surface area contributed by atoms with E-state index >= 15 is 0 Å². The lowest BCUT2D eigenvalue weighted by Crippen LogP contribution is -2.30. The number of primary amides is 1. The zero-order chi connectivity index (χ0) is 23.1. The van der Waals surface area contributed by atoms with Crippen molar-refractivity contribution in [2.75, 3.05) is 32.5 Å². The third-order valence-electron chi connectivity index (χ3n) is 4.23. The molecule has 0 spiro atoms. The molecule has 8 nitrogen and oxygen atoms in total. The van der Waals surface area contributed by atoms with E-state index in [1.165, 1.54) is 6.92 Å². The van der Waals surface area contributed by atoms with Crippen molar-refractivity contribution in [3.05, 3.63) is 40.7 Å². The monoisotopic (exact) mass is 459 g/mol. The molecule has 1 heterocycles. The Labute approximate surface area is 181 Å².